The molecule has 1 unspecified atom stereocenters. The molecular weight excluding hydrogens is 355 g/mol. The van der Waals surface area contributed by atoms with Crippen molar-refractivity contribution in [1.82, 2.24) is 9.69 Å². The van der Waals surface area contributed by atoms with Crippen LogP contribution in [0.2, 0.25) is 10.2 Å². The molecule has 0 spiro atoms. The second-order valence-corrected chi connectivity index (χ2v) is 6.59. The molecule has 2 aromatic rings. The zero-order valence-electron chi connectivity index (χ0n) is 12.9. The van der Waals surface area contributed by atoms with Gasteiger partial charge in [0.25, 0.3) is 5.91 Å². The van der Waals surface area contributed by atoms with Crippen molar-refractivity contribution in [1.29, 1.82) is 0 Å². The van der Waals surface area contributed by atoms with Crippen LogP contribution in [0.25, 0.3) is 0 Å². The zero-order chi connectivity index (χ0) is 16.8. The largest absolute Gasteiger partial charge is 0.497 e. The molecule has 0 saturated carbocycles. The summed E-state index contributed by atoms with van der Waals surface area (Å²) in [6.07, 6.45) is 2.52. The second kappa shape index (κ2) is 8.52. The van der Waals surface area contributed by atoms with Crippen LogP contribution in [0.4, 0.5) is 0 Å². The third-order valence-electron chi connectivity index (χ3n) is 3.55. The number of amides is 1. The molecule has 1 aromatic carbocycles. The standard InChI is InChI=1S/C16H18Cl2N2O2S/c1-3-11(8-7-10-5-4-6-12(9-10)22-2)19-16(21)14-13(17)15(18)20-23-14/h4-6,9,11H,3,7-8H2,1-2H3,(H,19,21). The summed E-state index contributed by atoms with van der Waals surface area (Å²) in [4.78, 5) is 12.6. The summed E-state index contributed by atoms with van der Waals surface area (Å²) in [5, 5.41) is 3.38. The second-order valence-electron chi connectivity index (χ2n) is 5.09. The van der Waals surface area contributed by atoms with Crippen LogP contribution in [-0.2, 0) is 6.42 Å². The molecule has 0 aliphatic heterocycles. The number of aryl methyl sites for hydroxylation is 1. The Hall–Kier alpha value is -1.30. The van der Waals surface area contributed by atoms with E-state index in [-0.39, 0.29) is 22.1 Å². The van der Waals surface area contributed by atoms with Gasteiger partial charge in [-0.1, -0.05) is 42.3 Å². The number of benzene rings is 1. The Morgan fingerprint density at radius 3 is 2.83 bits per heavy atom. The Balaban J connectivity index is 1.94. The lowest BCUT2D eigenvalue weighted by Gasteiger charge is -2.16. The number of nitrogens with one attached hydrogen (secondary N) is 1. The van der Waals surface area contributed by atoms with E-state index < -0.39 is 0 Å². The Kier molecular flexibility index (Phi) is 6.69. The van der Waals surface area contributed by atoms with Gasteiger partial charge in [-0.3, -0.25) is 4.79 Å². The molecule has 0 aliphatic rings. The van der Waals surface area contributed by atoms with Gasteiger partial charge in [0.05, 0.1) is 7.11 Å². The Morgan fingerprint density at radius 1 is 1.43 bits per heavy atom. The summed E-state index contributed by atoms with van der Waals surface area (Å²) in [6, 6.07) is 8.00. The van der Waals surface area contributed by atoms with Crippen molar-refractivity contribution in [2.45, 2.75) is 32.2 Å². The van der Waals surface area contributed by atoms with Crippen LogP contribution >= 0.6 is 34.7 Å². The molecule has 1 amide bonds. The highest BCUT2D eigenvalue weighted by atomic mass is 35.5. The fourth-order valence-corrected chi connectivity index (χ4v) is 3.32. The maximum absolute atomic E-state index is 12.3. The number of carbonyl (C=O) groups excluding carboxylic acids is 1. The van der Waals surface area contributed by atoms with E-state index in [1.165, 1.54) is 5.56 Å². The summed E-state index contributed by atoms with van der Waals surface area (Å²) in [6.45, 7) is 2.04. The van der Waals surface area contributed by atoms with Gasteiger partial charge in [-0.2, -0.15) is 4.37 Å². The van der Waals surface area contributed by atoms with Gasteiger partial charge in [0.1, 0.15) is 15.6 Å². The molecule has 0 bridgehead atoms. The fraction of sp³-hybridized carbons (Fsp3) is 0.375. The van der Waals surface area contributed by atoms with E-state index in [0.717, 1.165) is 36.5 Å². The van der Waals surface area contributed by atoms with E-state index in [9.17, 15) is 4.79 Å². The Labute approximate surface area is 149 Å². The quantitative estimate of drug-likeness (QED) is 0.772. The zero-order valence-corrected chi connectivity index (χ0v) is 15.3. The molecular formula is C16H18Cl2N2O2S. The third-order valence-corrected chi connectivity index (χ3v) is 5.34. The minimum absolute atomic E-state index is 0.0608. The summed E-state index contributed by atoms with van der Waals surface area (Å²) in [5.74, 6) is 0.613. The third kappa shape index (κ3) is 4.83. The molecule has 4 nitrogen and oxygen atoms in total. The molecule has 0 saturated heterocycles. The summed E-state index contributed by atoms with van der Waals surface area (Å²) in [5.41, 5.74) is 1.18. The molecule has 124 valence electrons. The normalized spacial score (nSPS) is 12.0. The van der Waals surface area contributed by atoms with Gasteiger partial charge in [0.15, 0.2) is 5.15 Å². The van der Waals surface area contributed by atoms with Crippen LogP contribution in [0.1, 0.15) is 35.0 Å². The molecule has 2 rings (SSSR count). The summed E-state index contributed by atoms with van der Waals surface area (Å²) >= 11 is 12.8. The van der Waals surface area contributed by atoms with Crippen LogP contribution < -0.4 is 10.1 Å². The molecule has 1 aromatic heterocycles. The van der Waals surface area contributed by atoms with Gasteiger partial charge in [-0.15, -0.1) is 0 Å². The molecule has 23 heavy (non-hydrogen) atoms. The first-order chi connectivity index (χ1) is 11.0. The van der Waals surface area contributed by atoms with Crippen molar-refractivity contribution in [3.63, 3.8) is 0 Å². The number of hydrogen-bond donors (Lipinski definition) is 1. The number of halogens is 2. The average molecular weight is 373 g/mol. The molecule has 0 aliphatic carbocycles. The van der Waals surface area contributed by atoms with Gasteiger partial charge < -0.3 is 10.1 Å². The van der Waals surface area contributed by atoms with Crippen molar-refractivity contribution >= 4 is 40.6 Å². The summed E-state index contributed by atoms with van der Waals surface area (Å²) < 4.78 is 9.11. The smallest absolute Gasteiger partial charge is 0.264 e. The lowest BCUT2D eigenvalue weighted by atomic mass is 10.0. The van der Waals surface area contributed by atoms with E-state index in [4.69, 9.17) is 27.9 Å². The number of methoxy groups -OCH3 is 1. The first-order valence-corrected chi connectivity index (χ1v) is 8.82. The topological polar surface area (TPSA) is 51.2 Å². The highest BCUT2D eigenvalue weighted by Crippen LogP contribution is 2.28. The number of aromatic nitrogens is 1. The van der Waals surface area contributed by atoms with E-state index >= 15 is 0 Å². The highest BCUT2D eigenvalue weighted by Gasteiger charge is 2.19. The Morgan fingerprint density at radius 2 is 2.22 bits per heavy atom. The van der Waals surface area contributed by atoms with Crippen molar-refractivity contribution < 1.29 is 9.53 Å². The molecule has 0 radical (unpaired) electrons. The number of nitrogens with zero attached hydrogens (tertiary/aromatic N) is 1. The van der Waals surface area contributed by atoms with Crippen LogP contribution in [0.5, 0.6) is 5.75 Å². The first kappa shape index (κ1) is 18.0. The van der Waals surface area contributed by atoms with Crippen LogP contribution in [0.3, 0.4) is 0 Å². The highest BCUT2D eigenvalue weighted by molar-refractivity contribution is 7.09. The van der Waals surface area contributed by atoms with E-state index in [0.29, 0.717) is 4.88 Å². The van der Waals surface area contributed by atoms with Crippen molar-refractivity contribution in [3.8, 4) is 5.75 Å². The van der Waals surface area contributed by atoms with Gasteiger partial charge in [-0.25, -0.2) is 0 Å². The lowest BCUT2D eigenvalue weighted by Crippen LogP contribution is -2.34. The lowest BCUT2D eigenvalue weighted by molar-refractivity contribution is 0.0938. The predicted octanol–water partition coefficient (Wildman–Crippen LogP) is 4.60. The van der Waals surface area contributed by atoms with Crippen molar-refractivity contribution in [2.24, 2.45) is 0 Å². The number of hydrogen-bond acceptors (Lipinski definition) is 4. The molecule has 7 heteroatoms. The number of ether oxygens (including phenoxy) is 1. The predicted molar refractivity (Wildman–Crippen MR) is 95.0 cm³/mol. The van der Waals surface area contributed by atoms with Gasteiger partial charge in [0, 0.05) is 6.04 Å². The van der Waals surface area contributed by atoms with E-state index in [2.05, 4.69) is 15.8 Å². The van der Waals surface area contributed by atoms with Crippen molar-refractivity contribution in [2.75, 3.05) is 7.11 Å². The molecule has 1 heterocycles. The number of rotatable bonds is 7. The van der Waals surface area contributed by atoms with Crippen LogP contribution in [0.15, 0.2) is 24.3 Å². The maximum Gasteiger partial charge on any atom is 0.264 e. The van der Waals surface area contributed by atoms with E-state index in [1.807, 2.05) is 25.1 Å². The molecule has 0 fully saturated rings. The van der Waals surface area contributed by atoms with Gasteiger partial charge >= 0.3 is 0 Å². The average Bonchev–Trinajstić information content (AvgIpc) is 2.91. The minimum Gasteiger partial charge on any atom is -0.497 e. The fourth-order valence-electron chi connectivity index (χ4n) is 2.20. The van der Waals surface area contributed by atoms with E-state index in [1.54, 1.807) is 7.11 Å². The number of carbonyl (C=O) groups is 1. The SMILES string of the molecule is CCC(CCc1cccc(OC)c1)NC(=O)c1snc(Cl)c1Cl. The first-order valence-electron chi connectivity index (χ1n) is 7.29. The van der Waals surface area contributed by atoms with Crippen LogP contribution in [-0.4, -0.2) is 23.4 Å². The molecule has 1 atom stereocenters. The monoisotopic (exact) mass is 372 g/mol. The minimum atomic E-state index is -0.225. The maximum atomic E-state index is 12.3. The molecule has 1 N–H and O–H groups in total. The van der Waals surface area contributed by atoms with Crippen LogP contribution in [0, 0.1) is 0 Å². The van der Waals surface area contributed by atoms with Gasteiger partial charge in [-0.05, 0) is 48.5 Å². The summed E-state index contributed by atoms with van der Waals surface area (Å²) in [7, 11) is 1.65. The Bertz CT molecular complexity index is 676. The van der Waals surface area contributed by atoms with Gasteiger partial charge in [0.2, 0.25) is 0 Å². The van der Waals surface area contributed by atoms with Crippen molar-refractivity contribution in [3.05, 3.63) is 44.9 Å².